The quantitative estimate of drug-likeness (QED) is 0.802. The van der Waals surface area contributed by atoms with Gasteiger partial charge in [0.05, 0.1) is 5.69 Å². The minimum Gasteiger partial charge on any atom is -0.326 e. The molecule has 6 heteroatoms. The molecule has 1 spiro atoms. The molecule has 3 heterocycles. The minimum absolute atomic E-state index is 0.0706. The van der Waals surface area contributed by atoms with Gasteiger partial charge in [-0.25, -0.2) is 0 Å². The van der Waals surface area contributed by atoms with E-state index in [4.69, 9.17) is 0 Å². The number of fused-ring (bicyclic) bond motifs is 4. The van der Waals surface area contributed by atoms with Crippen molar-refractivity contribution in [1.29, 1.82) is 0 Å². The molecule has 0 bridgehead atoms. The Kier molecular flexibility index (Phi) is 3.97. The molecule has 0 aliphatic carbocycles. The summed E-state index contributed by atoms with van der Waals surface area (Å²) in [7, 11) is 1.76. The van der Waals surface area contributed by atoms with Gasteiger partial charge in [0.1, 0.15) is 17.9 Å². The smallest absolute Gasteiger partial charge is 0.293 e. The van der Waals surface area contributed by atoms with E-state index in [0.29, 0.717) is 5.92 Å². The Balaban J connectivity index is 1.91. The standard InChI is InChI=1S/C21H27N3O3/c1-11(2)10-14-16-17(19(26)24(12(3)4)18(16)25)21(22-14)13-8-6-7-9-15(13)23(5)20(21)27/h6-9,11-12,14,16-17,22H,10H2,1-5H3/p+1/t14-,16+,17-,21-/m0/s1. The predicted molar refractivity (Wildman–Crippen MR) is 101 cm³/mol. The number of quaternary nitrogens is 1. The zero-order valence-corrected chi connectivity index (χ0v) is 16.6. The molecule has 2 saturated heterocycles. The van der Waals surface area contributed by atoms with E-state index in [-0.39, 0.29) is 29.8 Å². The molecule has 4 atom stereocenters. The summed E-state index contributed by atoms with van der Waals surface area (Å²) in [5.74, 6) is -1.08. The summed E-state index contributed by atoms with van der Waals surface area (Å²) < 4.78 is 0. The number of likely N-dealkylation sites (tertiary alicyclic amines) is 1. The van der Waals surface area contributed by atoms with Gasteiger partial charge in [-0.2, -0.15) is 0 Å². The molecule has 27 heavy (non-hydrogen) atoms. The van der Waals surface area contributed by atoms with Gasteiger partial charge in [0.25, 0.3) is 5.91 Å². The molecule has 1 aromatic carbocycles. The van der Waals surface area contributed by atoms with Crippen molar-refractivity contribution in [3.63, 3.8) is 0 Å². The fourth-order valence-electron chi connectivity index (χ4n) is 5.52. The summed E-state index contributed by atoms with van der Waals surface area (Å²) in [6.45, 7) is 7.96. The molecule has 2 fully saturated rings. The van der Waals surface area contributed by atoms with E-state index in [9.17, 15) is 14.4 Å². The molecule has 0 radical (unpaired) electrons. The van der Waals surface area contributed by atoms with Crippen LogP contribution >= 0.6 is 0 Å². The molecule has 3 aliphatic heterocycles. The summed E-state index contributed by atoms with van der Waals surface area (Å²) in [5, 5.41) is 2.04. The second-order valence-electron chi connectivity index (χ2n) is 8.85. The number of hydrogen-bond acceptors (Lipinski definition) is 3. The van der Waals surface area contributed by atoms with Crippen LogP contribution in [0.25, 0.3) is 0 Å². The first-order valence-corrected chi connectivity index (χ1v) is 9.82. The van der Waals surface area contributed by atoms with Crippen molar-refractivity contribution in [3.05, 3.63) is 29.8 Å². The van der Waals surface area contributed by atoms with E-state index in [1.54, 1.807) is 11.9 Å². The lowest BCUT2D eigenvalue weighted by Crippen LogP contribution is -2.99. The topological polar surface area (TPSA) is 74.3 Å². The number of amides is 3. The molecule has 6 nitrogen and oxygen atoms in total. The van der Waals surface area contributed by atoms with Crippen molar-refractivity contribution in [2.24, 2.45) is 17.8 Å². The number of para-hydroxylation sites is 1. The van der Waals surface area contributed by atoms with Crippen LogP contribution in [-0.4, -0.2) is 41.8 Å². The highest BCUT2D eigenvalue weighted by atomic mass is 16.2. The van der Waals surface area contributed by atoms with Crippen LogP contribution in [0.3, 0.4) is 0 Å². The maximum Gasteiger partial charge on any atom is 0.293 e. The van der Waals surface area contributed by atoms with Crippen molar-refractivity contribution in [1.82, 2.24) is 4.90 Å². The van der Waals surface area contributed by atoms with E-state index >= 15 is 0 Å². The molecule has 0 saturated carbocycles. The summed E-state index contributed by atoms with van der Waals surface area (Å²) in [6, 6.07) is 7.41. The summed E-state index contributed by atoms with van der Waals surface area (Å²) in [6.07, 6.45) is 0.799. The zero-order chi connectivity index (χ0) is 19.7. The van der Waals surface area contributed by atoms with E-state index in [1.165, 1.54) is 4.90 Å². The first-order chi connectivity index (χ1) is 12.7. The van der Waals surface area contributed by atoms with Gasteiger partial charge >= 0.3 is 0 Å². The predicted octanol–water partition coefficient (Wildman–Crippen LogP) is 0.860. The number of hydrogen-bond donors (Lipinski definition) is 1. The van der Waals surface area contributed by atoms with Crippen molar-refractivity contribution >= 4 is 23.4 Å². The molecule has 0 unspecified atom stereocenters. The largest absolute Gasteiger partial charge is 0.326 e. The van der Waals surface area contributed by atoms with Gasteiger partial charge in [0.15, 0.2) is 0 Å². The van der Waals surface area contributed by atoms with Crippen molar-refractivity contribution in [2.75, 3.05) is 11.9 Å². The van der Waals surface area contributed by atoms with E-state index in [1.807, 2.05) is 43.4 Å². The summed E-state index contributed by atoms with van der Waals surface area (Å²) >= 11 is 0. The Labute approximate surface area is 159 Å². The number of carbonyl (C=O) groups is 3. The van der Waals surface area contributed by atoms with Gasteiger partial charge in [-0.1, -0.05) is 32.0 Å². The third-order valence-corrected chi connectivity index (χ3v) is 6.44. The van der Waals surface area contributed by atoms with Crippen LogP contribution < -0.4 is 10.2 Å². The van der Waals surface area contributed by atoms with Gasteiger partial charge in [-0.15, -0.1) is 0 Å². The Morgan fingerprint density at radius 1 is 1.07 bits per heavy atom. The SMILES string of the molecule is CC(C)C[C@@H]1[NH2+][C@]2(C(=O)N(C)c3ccccc32)[C@@H]2C(=O)N(C(C)C)C(=O)[C@H]12. The molecule has 3 aliphatic rings. The second-order valence-corrected chi connectivity index (χ2v) is 8.85. The molecule has 3 amide bonds. The summed E-state index contributed by atoms with van der Waals surface area (Å²) in [5.41, 5.74) is 0.683. The van der Waals surface area contributed by atoms with Crippen LogP contribution in [0.5, 0.6) is 0 Å². The molecule has 4 rings (SSSR count). The third-order valence-electron chi connectivity index (χ3n) is 6.44. The lowest BCUT2D eigenvalue weighted by Gasteiger charge is -2.28. The highest BCUT2D eigenvalue weighted by molar-refractivity contribution is 6.14. The van der Waals surface area contributed by atoms with Crippen LogP contribution in [-0.2, 0) is 19.9 Å². The molecule has 1 aromatic rings. The molecule has 0 aromatic heterocycles. The highest BCUT2D eigenvalue weighted by Gasteiger charge is 2.75. The highest BCUT2D eigenvalue weighted by Crippen LogP contribution is 2.51. The van der Waals surface area contributed by atoms with Gasteiger partial charge in [-0.05, 0) is 25.8 Å². The van der Waals surface area contributed by atoms with Crippen LogP contribution in [0.4, 0.5) is 5.69 Å². The number of benzene rings is 1. The molecule has 144 valence electrons. The van der Waals surface area contributed by atoms with Crippen LogP contribution in [0, 0.1) is 17.8 Å². The number of imide groups is 1. The maximum atomic E-state index is 13.5. The molecule has 2 N–H and O–H groups in total. The minimum atomic E-state index is -1.02. The van der Waals surface area contributed by atoms with E-state index in [2.05, 4.69) is 13.8 Å². The maximum absolute atomic E-state index is 13.5. The Bertz CT molecular complexity index is 834. The van der Waals surface area contributed by atoms with Gasteiger partial charge in [0, 0.05) is 25.1 Å². The van der Waals surface area contributed by atoms with Gasteiger partial charge in [0.2, 0.25) is 17.4 Å². The van der Waals surface area contributed by atoms with Crippen LogP contribution in [0.15, 0.2) is 24.3 Å². The fourth-order valence-corrected chi connectivity index (χ4v) is 5.52. The third kappa shape index (κ3) is 2.19. The fraction of sp³-hybridized carbons (Fsp3) is 0.571. The Hall–Kier alpha value is -2.21. The van der Waals surface area contributed by atoms with Crippen LogP contribution in [0.1, 0.15) is 39.7 Å². The second kappa shape index (κ2) is 5.89. The number of nitrogens with two attached hydrogens (primary N) is 1. The van der Waals surface area contributed by atoms with Crippen molar-refractivity contribution in [3.8, 4) is 0 Å². The average Bonchev–Trinajstić information content (AvgIpc) is 3.14. The normalized spacial score (nSPS) is 32.4. The Morgan fingerprint density at radius 2 is 1.74 bits per heavy atom. The number of anilines is 1. The Morgan fingerprint density at radius 3 is 2.37 bits per heavy atom. The van der Waals surface area contributed by atoms with Gasteiger partial charge in [-0.3, -0.25) is 19.3 Å². The molecular formula is C21H28N3O3+. The number of carbonyl (C=O) groups excluding carboxylic acids is 3. The van der Waals surface area contributed by atoms with Gasteiger partial charge < -0.3 is 10.2 Å². The van der Waals surface area contributed by atoms with E-state index in [0.717, 1.165) is 17.7 Å². The van der Waals surface area contributed by atoms with E-state index < -0.39 is 17.4 Å². The lowest BCUT2D eigenvalue weighted by molar-refractivity contribution is -0.734. The van der Waals surface area contributed by atoms with Crippen molar-refractivity contribution < 1.29 is 19.7 Å². The van der Waals surface area contributed by atoms with Crippen molar-refractivity contribution in [2.45, 2.75) is 51.7 Å². The zero-order valence-electron chi connectivity index (χ0n) is 16.6. The summed E-state index contributed by atoms with van der Waals surface area (Å²) in [4.78, 5) is 43.2. The number of nitrogens with zero attached hydrogens (tertiary/aromatic N) is 2. The average molecular weight is 370 g/mol. The number of rotatable bonds is 3. The first kappa shape index (κ1) is 18.2. The lowest BCUT2D eigenvalue weighted by atomic mass is 9.76. The first-order valence-electron chi connectivity index (χ1n) is 9.82. The number of likely N-dealkylation sites (N-methyl/N-ethyl adjacent to an activating group) is 1. The van der Waals surface area contributed by atoms with Crippen LogP contribution in [0.2, 0.25) is 0 Å². The monoisotopic (exact) mass is 370 g/mol. The molecular weight excluding hydrogens is 342 g/mol.